The van der Waals surface area contributed by atoms with Gasteiger partial charge in [-0.15, -0.1) is 11.3 Å². The highest BCUT2D eigenvalue weighted by atomic mass is 35.5. The summed E-state index contributed by atoms with van der Waals surface area (Å²) in [5, 5.41) is 6.69. The maximum absolute atomic E-state index is 6.17. The second-order valence-corrected chi connectivity index (χ2v) is 6.17. The van der Waals surface area contributed by atoms with Crippen LogP contribution < -0.4 is 10.1 Å². The molecule has 0 fully saturated rings. The summed E-state index contributed by atoms with van der Waals surface area (Å²) in [7, 11) is 0. The number of benzene rings is 1. The van der Waals surface area contributed by atoms with Gasteiger partial charge in [-0.25, -0.2) is 4.98 Å². The van der Waals surface area contributed by atoms with Crippen LogP contribution in [0.3, 0.4) is 0 Å². The Kier molecular flexibility index (Phi) is 6.83. The fraction of sp³-hybridized carbons (Fsp3) is 0.438. The van der Waals surface area contributed by atoms with Crippen molar-refractivity contribution in [2.24, 2.45) is 0 Å². The van der Waals surface area contributed by atoms with E-state index in [4.69, 9.17) is 16.3 Å². The third kappa shape index (κ3) is 5.56. The van der Waals surface area contributed by atoms with E-state index in [1.54, 1.807) is 17.5 Å². The zero-order valence-electron chi connectivity index (χ0n) is 12.3. The highest BCUT2D eigenvalue weighted by Gasteiger charge is 2.04. The Bertz CT molecular complexity index is 531. The summed E-state index contributed by atoms with van der Waals surface area (Å²) >= 11 is 7.74. The summed E-state index contributed by atoms with van der Waals surface area (Å²) in [4.78, 5) is 4.20. The lowest BCUT2D eigenvalue weighted by molar-refractivity contribution is 0.305. The van der Waals surface area contributed by atoms with E-state index in [0.717, 1.165) is 23.0 Å². The highest BCUT2D eigenvalue weighted by Crippen LogP contribution is 2.30. The predicted octanol–water partition coefficient (Wildman–Crippen LogP) is 5.89. The van der Waals surface area contributed by atoms with Gasteiger partial charge in [-0.3, -0.25) is 0 Å². The van der Waals surface area contributed by atoms with Crippen molar-refractivity contribution in [3.8, 4) is 5.75 Å². The van der Waals surface area contributed by atoms with E-state index >= 15 is 0 Å². The number of unbranched alkanes of at least 4 members (excludes halogenated alkanes) is 4. The molecule has 114 valence electrons. The van der Waals surface area contributed by atoms with Crippen molar-refractivity contribution in [1.29, 1.82) is 0 Å². The molecule has 3 nitrogen and oxygen atoms in total. The highest BCUT2D eigenvalue weighted by molar-refractivity contribution is 7.13. The van der Waals surface area contributed by atoms with E-state index in [2.05, 4.69) is 17.2 Å². The molecule has 2 aromatic rings. The fourth-order valence-corrected chi connectivity index (χ4v) is 2.71. The van der Waals surface area contributed by atoms with Crippen molar-refractivity contribution in [1.82, 2.24) is 4.98 Å². The van der Waals surface area contributed by atoms with Crippen LogP contribution in [0.1, 0.15) is 39.0 Å². The number of rotatable bonds is 9. The number of anilines is 2. The van der Waals surface area contributed by atoms with E-state index in [-0.39, 0.29) is 0 Å². The molecule has 0 spiro atoms. The van der Waals surface area contributed by atoms with Gasteiger partial charge in [0.15, 0.2) is 5.13 Å². The van der Waals surface area contributed by atoms with Crippen LogP contribution in [0.4, 0.5) is 10.8 Å². The average molecular weight is 325 g/mol. The standard InChI is InChI=1S/C16H21ClN2OS/c1-2-3-4-5-6-10-20-15-12-13(7-8-14(15)17)19-16-18-9-11-21-16/h7-9,11-12H,2-6,10H2,1H3,(H,18,19). The SMILES string of the molecule is CCCCCCCOc1cc(Nc2nccs2)ccc1Cl. The molecule has 0 radical (unpaired) electrons. The Morgan fingerprint density at radius 1 is 1.24 bits per heavy atom. The van der Waals surface area contributed by atoms with Gasteiger partial charge in [0.1, 0.15) is 5.75 Å². The second kappa shape index (κ2) is 8.90. The minimum Gasteiger partial charge on any atom is -0.492 e. The van der Waals surface area contributed by atoms with Crippen LogP contribution in [0.5, 0.6) is 5.75 Å². The molecule has 0 unspecified atom stereocenters. The molecular formula is C16H21ClN2OS. The van der Waals surface area contributed by atoms with Crippen molar-refractivity contribution < 1.29 is 4.74 Å². The smallest absolute Gasteiger partial charge is 0.187 e. The van der Waals surface area contributed by atoms with E-state index < -0.39 is 0 Å². The van der Waals surface area contributed by atoms with Crippen LogP contribution in [0.15, 0.2) is 29.8 Å². The average Bonchev–Trinajstić information content (AvgIpc) is 2.99. The maximum atomic E-state index is 6.17. The summed E-state index contributed by atoms with van der Waals surface area (Å²) in [5.74, 6) is 0.730. The van der Waals surface area contributed by atoms with Crippen LogP contribution in [-0.4, -0.2) is 11.6 Å². The molecule has 0 atom stereocenters. The summed E-state index contributed by atoms with van der Waals surface area (Å²) in [6.07, 6.45) is 7.89. The maximum Gasteiger partial charge on any atom is 0.187 e. The lowest BCUT2D eigenvalue weighted by Crippen LogP contribution is -1.99. The number of hydrogen-bond donors (Lipinski definition) is 1. The quantitative estimate of drug-likeness (QED) is 0.584. The van der Waals surface area contributed by atoms with Gasteiger partial charge in [-0.1, -0.05) is 44.2 Å². The van der Waals surface area contributed by atoms with Crippen LogP contribution in [0.2, 0.25) is 5.02 Å². The first-order valence-corrected chi connectivity index (χ1v) is 8.64. The van der Waals surface area contributed by atoms with Gasteiger partial charge >= 0.3 is 0 Å². The molecular weight excluding hydrogens is 304 g/mol. The van der Waals surface area contributed by atoms with Gasteiger partial charge in [0.25, 0.3) is 0 Å². The van der Waals surface area contributed by atoms with Gasteiger partial charge in [0.05, 0.1) is 11.6 Å². The lowest BCUT2D eigenvalue weighted by atomic mass is 10.2. The zero-order valence-corrected chi connectivity index (χ0v) is 13.8. The van der Waals surface area contributed by atoms with Crippen LogP contribution in [-0.2, 0) is 0 Å². The van der Waals surface area contributed by atoms with Crippen LogP contribution >= 0.6 is 22.9 Å². The van der Waals surface area contributed by atoms with Gasteiger partial charge in [0.2, 0.25) is 0 Å². The largest absolute Gasteiger partial charge is 0.492 e. The Hall–Kier alpha value is -1.26. The van der Waals surface area contributed by atoms with Crippen molar-refractivity contribution in [3.05, 3.63) is 34.8 Å². The van der Waals surface area contributed by atoms with Crippen molar-refractivity contribution in [2.75, 3.05) is 11.9 Å². The molecule has 0 aliphatic heterocycles. The number of nitrogens with one attached hydrogen (secondary N) is 1. The monoisotopic (exact) mass is 324 g/mol. The summed E-state index contributed by atoms with van der Waals surface area (Å²) in [6, 6.07) is 5.71. The molecule has 0 saturated carbocycles. The molecule has 5 heteroatoms. The molecule has 21 heavy (non-hydrogen) atoms. The Morgan fingerprint density at radius 2 is 2.10 bits per heavy atom. The molecule has 1 aromatic carbocycles. The van der Waals surface area contributed by atoms with E-state index in [1.807, 2.05) is 23.6 Å². The molecule has 1 heterocycles. The number of thiazole rings is 1. The molecule has 0 amide bonds. The van der Waals surface area contributed by atoms with Gasteiger partial charge in [-0.05, 0) is 18.6 Å². The molecule has 1 N–H and O–H groups in total. The van der Waals surface area contributed by atoms with Crippen LogP contribution in [0, 0.1) is 0 Å². The molecule has 1 aromatic heterocycles. The second-order valence-electron chi connectivity index (χ2n) is 4.87. The number of nitrogens with zero attached hydrogens (tertiary/aromatic N) is 1. The topological polar surface area (TPSA) is 34.1 Å². The Morgan fingerprint density at radius 3 is 2.86 bits per heavy atom. The number of aromatic nitrogens is 1. The Labute approximate surface area is 135 Å². The predicted molar refractivity (Wildman–Crippen MR) is 91.1 cm³/mol. The van der Waals surface area contributed by atoms with E-state index in [1.165, 1.54) is 25.7 Å². The molecule has 0 saturated heterocycles. The number of halogens is 1. The normalized spacial score (nSPS) is 10.6. The minimum atomic E-state index is 0.647. The molecule has 0 bridgehead atoms. The number of ether oxygens (including phenoxy) is 1. The van der Waals surface area contributed by atoms with Crippen molar-refractivity contribution >= 4 is 33.8 Å². The van der Waals surface area contributed by atoms with Gasteiger partial charge in [-0.2, -0.15) is 0 Å². The molecule has 0 aliphatic rings. The van der Waals surface area contributed by atoms with Crippen molar-refractivity contribution in [3.63, 3.8) is 0 Å². The third-order valence-corrected chi connectivity index (χ3v) is 4.12. The molecule has 2 rings (SSSR count). The third-order valence-electron chi connectivity index (χ3n) is 3.12. The van der Waals surface area contributed by atoms with Crippen LogP contribution in [0.25, 0.3) is 0 Å². The molecule has 0 aliphatic carbocycles. The summed E-state index contributed by atoms with van der Waals surface area (Å²) in [5.41, 5.74) is 0.940. The first-order chi connectivity index (χ1) is 10.3. The first kappa shape index (κ1) is 16.1. The van der Waals surface area contributed by atoms with Gasteiger partial charge in [0, 0.05) is 23.3 Å². The van der Waals surface area contributed by atoms with E-state index in [0.29, 0.717) is 11.6 Å². The van der Waals surface area contributed by atoms with Crippen molar-refractivity contribution in [2.45, 2.75) is 39.0 Å². The van der Waals surface area contributed by atoms with E-state index in [9.17, 15) is 0 Å². The fourth-order valence-electron chi connectivity index (χ4n) is 1.99. The lowest BCUT2D eigenvalue weighted by Gasteiger charge is -2.10. The Balaban J connectivity index is 1.84. The van der Waals surface area contributed by atoms with Gasteiger partial charge < -0.3 is 10.1 Å². The summed E-state index contributed by atoms with van der Waals surface area (Å²) in [6.45, 7) is 2.93. The zero-order chi connectivity index (χ0) is 14.9. The minimum absolute atomic E-state index is 0.647. The summed E-state index contributed by atoms with van der Waals surface area (Å²) < 4.78 is 5.79. The first-order valence-electron chi connectivity index (χ1n) is 7.38. The number of hydrogen-bond acceptors (Lipinski definition) is 4.